The molecular weight excluding hydrogens is 570 g/mol. The van der Waals surface area contributed by atoms with Crippen molar-refractivity contribution in [3.8, 4) is 11.1 Å². The molecule has 0 radical (unpaired) electrons. The normalized spacial score (nSPS) is 18.9. The maximum Gasteiger partial charge on any atom is 0.243 e. The van der Waals surface area contributed by atoms with Gasteiger partial charge in [0.1, 0.15) is 11.6 Å². The summed E-state index contributed by atoms with van der Waals surface area (Å²) in [4.78, 5) is 43.5. The number of rotatable bonds is 10. The molecule has 3 N–H and O–H groups in total. The van der Waals surface area contributed by atoms with E-state index in [-0.39, 0.29) is 36.5 Å². The van der Waals surface area contributed by atoms with Crippen molar-refractivity contribution in [1.82, 2.24) is 39.9 Å². The highest BCUT2D eigenvalue weighted by atomic mass is 16.2. The summed E-state index contributed by atoms with van der Waals surface area (Å²) in [6, 6.07) is 12.6. The number of carbonyl (C=O) groups excluding carboxylic acids is 3. The quantitative estimate of drug-likeness (QED) is 0.280. The maximum atomic E-state index is 13.7. The lowest BCUT2D eigenvalue weighted by molar-refractivity contribution is -0.140. The molecule has 3 atom stereocenters. The van der Waals surface area contributed by atoms with E-state index in [9.17, 15) is 14.4 Å². The summed E-state index contributed by atoms with van der Waals surface area (Å²) in [7, 11) is 3.73. The van der Waals surface area contributed by atoms with Crippen molar-refractivity contribution in [3.63, 3.8) is 0 Å². The topological polar surface area (TPSA) is 144 Å². The first-order valence-electron chi connectivity index (χ1n) is 15.7. The Balaban J connectivity index is 1.15. The zero-order chi connectivity index (χ0) is 31.5. The lowest BCUT2D eigenvalue weighted by atomic mass is 9.94. The third-order valence-electron chi connectivity index (χ3n) is 9.05. The predicted molar refractivity (Wildman–Crippen MR) is 169 cm³/mol. The first kappa shape index (κ1) is 30.4. The lowest BCUT2D eigenvalue weighted by Crippen LogP contribution is -2.51. The minimum absolute atomic E-state index is 0.0397. The van der Waals surface area contributed by atoms with E-state index in [1.54, 1.807) is 14.3 Å². The highest BCUT2D eigenvalue weighted by molar-refractivity contribution is 5.91. The van der Waals surface area contributed by atoms with Gasteiger partial charge >= 0.3 is 0 Å². The predicted octanol–water partition coefficient (Wildman–Crippen LogP) is 2.17. The summed E-state index contributed by atoms with van der Waals surface area (Å²) in [6.45, 7) is 2.26. The fraction of sp³-hybridized carbons (Fsp3) is 0.455. The number of aromatic nitrogens is 5. The van der Waals surface area contributed by atoms with Crippen LogP contribution in [0.4, 0.5) is 0 Å². The van der Waals surface area contributed by atoms with Crippen LogP contribution in [0.3, 0.4) is 0 Å². The summed E-state index contributed by atoms with van der Waals surface area (Å²) >= 11 is 0. The van der Waals surface area contributed by atoms with E-state index in [0.29, 0.717) is 25.9 Å². The van der Waals surface area contributed by atoms with Gasteiger partial charge in [-0.2, -0.15) is 5.10 Å². The van der Waals surface area contributed by atoms with Gasteiger partial charge in [-0.3, -0.25) is 19.1 Å². The Morgan fingerprint density at radius 2 is 1.87 bits per heavy atom. The Hall–Kier alpha value is -4.58. The third kappa shape index (κ3) is 6.90. The van der Waals surface area contributed by atoms with Gasteiger partial charge in [-0.05, 0) is 66.8 Å². The molecule has 0 saturated carbocycles. The maximum absolute atomic E-state index is 13.7. The first-order chi connectivity index (χ1) is 21.7. The van der Waals surface area contributed by atoms with E-state index >= 15 is 0 Å². The summed E-state index contributed by atoms with van der Waals surface area (Å²) in [5.74, 6) is -0.382. The van der Waals surface area contributed by atoms with Crippen molar-refractivity contribution in [2.75, 3.05) is 19.6 Å². The SMILES string of the molecule is Cn1cc(-c2cccc(CC3CC(C(=O)NCc4ccc5c(c4)nnn5C)N(C(=O)C(N)CCC(=O)N4CCCC4)C3)c2)cn1. The molecular formula is C33H41N9O3. The van der Waals surface area contributed by atoms with Crippen LogP contribution in [0.15, 0.2) is 54.9 Å². The molecule has 0 spiro atoms. The molecule has 45 heavy (non-hydrogen) atoms. The number of hydrogen-bond acceptors (Lipinski definition) is 7. The summed E-state index contributed by atoms with van der Waals surface area (Å²) in [5, 5.41) is 15.6. The number of likely N-dealkylation sites (tertiary alicyclic amines) is 2. The number of hydrogen-bond donors (Lipinski definition) is 2. The van der Waals surface area contributed by atoms with Crippen molar-refractivity contribution >= 4 is 28.8 Å². The lowest BCUT2D eigenvalue weighted by Gasteiger charge is -2.27. The number of nitrogens with one attached hydrogen (secondary N) is 1. The first-order valence-corrected chi connectivity index (χ1v) is 15.7. The smallest absolute Gasteiger partial charge is 0.243 e. The molecule has 2 aliphatic rings. The molecule has 4 aromatic rings. The van der Waals surface area contributed by atoms with E-state index in [2.05, 4.69) is 38.9 Å². The van der Waals surface area contributed by atoms with Crippen LogP contribution in [0, 0.1) is 5.92 Å². The molecule has 0 bridgehead atoms. The fourth-order valence-corrected chi connectivity index (χ4v) is 6.59. The molecule has 3 unspecified atom stereocenters. The molecule has 2 fully saturated rings. The minimum Gasteiger partial charge on any atom is -0.350 e. The molecule has 12 nitrogen and oxygen atoms in total. The van der Waals surface area contributed by atoms with Gasteiger partial charge in [-0.15, -0.1) is 5.10 Å². The van der Waals surface area contributed by atoms with Crippen LogP contribution in [-0.4, -0.2) is 84.0 Å². The van der Waals surface area contributed by atoms with E-state index in [4.69, 9.17) is 5.73 Å². The zero-order valence-electron chi connectivity index (χ0n) is 25.9. The summed E-state index contributed by atoms with van der Waals surface area (Å²) in [5.41, 5.74) is 12.2. The standard InChI is InChI=1S/C33H41N9O3/c1-39-21-26(19-36-39)25-7-5-6-22(15-25)14-24-17-30(32(44)35-18-23-8-10-29-28(16-23)37-38-40(29)2)42(20-24)33(45)27(34)9-11-31(43)41-12-3-4-13-41/h5-8,10,15-16,19,21,24,27,30H,3-4,9,11-14,17-18,20,34H2,1-2H3,(H,35,44). The van der Waals surface area contributed by atoms with Crippen molar-refractivity contribution in [3.05, 3.63) is 66.0 Å². The van der Waals surface area contributed by atoms with Crippen molar-refractivity contribution in [1.29, 1.82) is 0 Å². The van der Waals surface area contributed by atoms with Gasteiger partial charge in [0.2, 0.25) is 17.7 Å². The highest BCUT2D eigenvalue weighted by Crippen LogP contribution is 2.29. The molecule has 2 aromatic carbocycles. The molecule has 3 amide bonds. The largest absolute Gasteiger partial charge is 0.350 e. The van der Waals surface area contributed by atoms with Crippen LogP contribution in [0.25, 0.3) is 22.2 Å². The summed E-state index contributed by atoms with van der Waals surface area (Å²) in [6.07, 6.45) is 7.58. The van der Waals surface area contributed by atoms with E-state index in [1.165, 1.54) is 0 Å². The number of nitrogens with two attached hydrogens (primary N) is 1. The van der Waals surface area contributed by atoms with Gasteiger partial charge in [-0.25, -0.2) is 4.68 Å². The second kappa shape index (κ2) is 13.2. The average molecular weight is 612 g/mol. The molecule has 236 valence electrons. The van der Waals surface area contributed by atoms with Gasteiger partial charge in [0.15, 0.2) is 0 Å². The Bertz CT molecular complexity index is 1690. The number of fused-ring (bicyclic) bond motifs is 1. The second-order valence-corrected chi connectivity index (χ2v) is 12.4. The Morgan fingerprint density at radius 3 is 2.64 bits per heavy atom. The number of nitrogens with zero attached hydrogens (tertiary/aromatic N) is 7. The second-order valence-electron chi connectivity index (χ2n) is 12.4. The van der Waals surface area contributed by atoms with Gasteiger partial charge < -0.3 is 20.9 Å². The number of aryl methyl sites for hydroxylation is 2. The molecule has 0 aliphatic carbocycles. The van der Waals surface area contributed by atoms with E-state index < -0.39 is 12.1 Å². The van der Waals surface area contributed by atoms with Gasteiger partial charge in [-0.1, -0.05) is 35.5 Å². The molecule has 12 heteroatoms. The molecule has 4 heterocycles. The van der Waals surface area contributed by atoms with Crippen LogP contribution in [0.1, 0.15) is 43.2 Å². The van der Waals surface area contributed by atoms with Gasteiger partial charge in [0.05, 0.1) is 17.8 Å². The van der Waals surface area contributed by atoms with Crippen molar-refractivity contribution in [2.45, 2.75) is 57.2 Å². The van der Waals surface area contributed by atoms with Gasteiger partial charge in [0.25, 0.3) is 0 Å². The molecule has 2 aliphatic heterocycles. The van der Waals surface area contributed by atoms with Crippen LogP contribution in [-0.2, 0) is 41.4 Å². The molecule has 6 rings (SSSR count). The highest BCUT2D eigenvalue weighted by Gasteiger charge is 2.41. The van der Waals surface area contributed by atoms with E-state index in [0.717, 1.165) is 59.2 Å². The molecule has 2 saturated heterocycles. The monoisotopic (exact) mass is 611 g/mol. The minimum atomic E-state index is -0.849. The summed E-state index contributed by atoms with van der Waals surface area (Å²) < 4.78 is 3.48. The number of benzene rings is 2. The van der Waals surface area contributed by atoms with Crippen LogP contribution < -0.4 is 11.1 Å². The van der Waals surface area contributed by atoms with Gasteiger partial charge in [0, 0.05) is 58.5 Å². The van der Waals surface area contributed by atoms with Crippen LogP contribution in [0.5, 0.6) is 0 Å². The van der Waals surface area contributed by atoms with Crippen LogP contribution in [0.2, 0.25) is 0 Å². The number of amides is 3. The average Bonchev–Trinajstić information content (AvgIpc) is 3.86. The zero-order valence-corrected chi connectivity index (χ0v) is 25.9. The third-order valence-corrected chi connectivity index (χ3v) is 9.05. The Morgan fingerprint density at radius 1 is 1.04 bits per heavy atom. The van der Waals surface area contributed by atoms with Crippen molar-refractivity contribution in [2.24, 2.45) is 25.7 Å². The van der Waals surface area contributed by atoms with Crippen molar-refractivity contribution < 1.29 is 14.4 Å². The van der Waals surface area contributed by atoms with E-state index in [1.807, 2.05) is 55.7 Å². The van der Waals surface area contributed by atoms with Crippen LogP contribution >= 0.6 is 0 Å². The fourth-order valence-electron chi connectivity index (χ4n) is 6.59. The Kier molecular flexibility index (Phi) is 8.92. The Labute approximate surface area is 262 Å². The molecule has 2 aromatic heterocycles. The number of carbonyl (C=O) groups is 3.